The van der Waals surface area contributed by atoms with Gasteiger partial charge in [0.15, 0.2) is 5.96 Å². The van der Waals surface area contributed by atoms with Crippen LogP contribution in [0.3, 0.4) is 0 Å². The molecule has 7 nitrogen and oxygen atoms in total. The molecule has 0 fully saturated rings. The van der Waals surface area contributed by atoms with E-state index in [2.05, 4.69) is 20.6 Å². The standard InChI is InChI=1S/C19H24FN5O2/c1-4-21-19(24-13-18(26)25(2)3)23-12-14-8-9-17(22-11-14)27-16-7-5-6-15(20)10-16/h5-11H,4,12-13H2,1-3H3,(H2,21,23,24). The van der Waals surface area contributed by atoms with Crippen molar-refractivity contribution < 1.29 is 13.9 Å². The van der Waals surface area contributed by atoms with E-state index >= 15 is 0 Å². The summed E-state index contributed by atoms with van der Waals surface area (Å²) in [5, 5.41) is 6.07. The zero-order chi connectivity index (χ0) is 19.6. The maximum Gasteiger partial charge on any atom is 0.241 e. The lowest BCUT2D eigenvalue weighted by Gasteiger charge is -2.14. The number of pyridine rings is 1. The van der Waals surface area contributed by atoms with Crippen LogP contribution in [0.25, 0.3) is 0 Å². The van der Waals surface area contributed by atoms with Gasteiger partial charge in [-0.05, 0) is 24.6 Å². The Kier molecular flexibility index (Phi) is 7.54. The van der Waals surface area contributed by atoms with E-state index in [1.807, 2.05) is 13.0 Å². The molecule has 1 heterocycles. The molecule has 144 valence electrons. The zero-order valence-electron chi connectivity index (χ0n) is 15.7. The van der Waals surface area contributed by atoms with Crippen LogP contribution in [0.5, 0.6) is 11.6 Å². The molecular formula is C19H24FN5O2. The van der Waals surface area contributed by atoms with Crippen LogP contribution in [0, 0.1) is 5.82 Å². The van der Waals surface area contributed by atoms with E-state index in [1.165, 1.54) is 17.0 Å². The number of amides is 1. The van der Waals surface area contributed by atoms with Gasteiger partial charge in [-0.25, -0.2) is 14.4 Å². The van der Waals surface area contributed by atoms with Crippen LogP contribution in [-0.4, -0.2) is 48.9 Å². The van der Waals surface area contributed by atoms with Crippen LogP contribution in [-0.2, 0) is 11.3 Å². The normalized spacial score (nSPS) is 11.0. The summed E-state index contributed by atoms with van der Waals surface area (Å²) in [5.41, 5.74) is 0.873. The predicted molar refractivity (Wildman–Crippen MR) is 102 cm³/mol. The second kappa shape index (κ2) is 10.1. The fourth-order valence-electron chi connectivity index (χ4n) is 2.05. The lowest BCUT2D eigenvalue weighted by atomic mass is 10.3. The van der Waals surface area contributed by atoms with Gasteiger partial charge in [0.1, 0.15) is 11.6 Å². The number of nitrogens with zero attached hydrogens (tertiary/aromatic N) is 3. The van der Waals surface area contributed by atoms with E-state index in [-0.39, 0.29) is 18.3 Å². The molecule has 0 atom stereocenters. The van der Waals surface area contributed by atoms with Crippen molar-refractivity contribution in [2.45, 2.75) is 13.5 Å². The van der Waals surface area contributed by atoms with Crippen LogP contribution >= 0.6 is 0 Å². The minimum Gasteiger partial charge on any atom is -0.439 e. The summed E-state index contributed by atoms with van der Waals surface area (Å²) in [7, 11) is 3.40. The van der Waals surface area contributed by atoms with Crippen LogP contribution in [0.1, 0.15) is 12.5 Å². The van der Waals surface area contributed by atoms with E-state index in [0.717, 1.165) is 5.56 Å². The van der Waals surface area contributed by atoms with Crippen LogP contribution < -0.4 is 15.4 Å². The number of carbonyl (C=O) groups is 1. The van der Waals surface area contributed by atoms with E-state index in [4.69, 9.17) is 4.74 Å². The molecule has 1 aromatic carbocycles. The van der Waals surface area contributed by atoms with E-state index in [0.29, 0.717) is 30.7 Å². The number of likely N-dealkylation sites (N-methyl/N-ethyl adjacent to an activating group) is 1. The highest BCUT2D eigenvalue weighted by Crippen LogP contribution is 2.20. The molecule has 0 bridgehead atoms. The van der Waals surface area contributed by atoms with Crippen molar-refractivity contribution in [3.63, 3.8) is 0 Å². The molecule has 0 aliphatic carbocycles. The summed E-state index contributed by atoms with van der Waals surface area (Å²) in [5.74, 6) is 0.899. The second-order valence-electron chi connectivity index (χ2n) is 5.90. The molecule has 8 heteroatoms. The van der Waals surface area contributed by atoms with E-state index in [1.54, 1.807) is 38.5 Å². The second-order valence-corrected chi connectivity index (χ2v) is 5.90. The third-order valence-electron chi connectivity index (χ3n) is 3.49. The summed E-state index contributed by atoms with van der Waals surface area (Å²) < 4.78 is 18.7. The smallest absolute Gasteiger partial charge is 0.241 e. The van der Waals surface area contributed by atoms with Gasteiger partial charge < -0.3 is 20.3 Å². The largest absolute Gasteiger partial charge is 0.439 e. The molecule has 2 rings (SSSR count). The molecule has 0 saturated heterocycles. The first kappa shape index (κ1) is 20.2. The van der Waals surface area contributed by atoms with Crippen LogP contribution in [0.15, 0.2) is 47.6 Å². The van der Waals surface area contributed by atoms with Gasteiger partial charge in [-0.3, -0.25) is 4.79 Å². The van der Waals surface area contributed by atoms with Gasteiger partial charge in [-0.1, -0.05) is 12.1 Å². The third kappa shape index (κ3) is 6.93. The van der Waals surface area contributed by atoms with Crippen molar-refractivity contribution in [2.75, 3.05) is 27.2 Å². The van der Waals surface area contributed by atoms with Gasteiger partial charge in [0.25, 0.3) is 0 Å². The Bertz CT molecular complexity index is 778. The van der Waals surface area contributed by atoms with Crippen molar-refractivity contribution in [1.82, 2.24) is 20.5 Å². The average Bonchev–Trinajstić information content (AvgIpc) is 2.65. The number of carbonyl (C=O) groups excluding carboxylic acids is 1. The predicted octanol–water partition coefficient (Wildman–Crippen LogP) is 2.16. The Hall–Kier alpha value is -3.16. The molecule has 0 saturated carbocycles. The Balaban J connectivity index is 1.94. The number of halogens is 1. The van der Waals surface area contributed by atoms with Gasteiger partial charge >= 0.3 is 0 Å². The van der Waals surface area contributed by atoms with Crippen LogP contribution in [0.2, 0.25) is 0 Å². The molecule has 2 aromatic rings. The van der Waals surface area contributed by atoms with E-state index in [9.17, 15) is 9.18 Å². The van der Waals surface area contributed by atoms with Gasteiger partial charge in [0, 0.05) is 39.0 Å². The molecule has 2 N–H and O–H groups in total. The summed E-state index contributed by atoms with van der Waals surface area (Å²) >= 11 is 0. The average molecular weight is 373 g/mol. The van der Waals surface area contributed by atoms with Crippen molar-refractivity contribution >= 4 is 11.9 Å². The molecule has 0 unspecified atom stereocenters. The Morgan fingerprint density at radius 2 is 2.07 bits per heavy atom. The molecule has 1 amide bonds. The Morgan fingerprint density at radius 3 is 2.70 bits per heavy atom. The third-order valence-corrected chi connectivity index (χ3v) is 3.49. The number of aromatic nitrogens is 1. The minimum atomic E-state index is -0.366. The minimum absolute atomic E-state index is 0.0406. The number of benzene rings is 1. The number of nitrogens with one attached hydrogen (secondary N) is 2. The van der Waals surface area contributed by atoms with Gasteiger partial charge in [0.2, 0.25) is 11.8 Å². The summed E-state index contributed by atoms with van der Waals surface area (Å²) in [4.78, 5) is 21.8. The highest BCUT2D eigenvalue weighted by molar-refractivity contribution is 5.86. The first-order valence-corrected chi connectivity index (χ1v) is 8.58. The maximum absolute atomic E-state index is 13.2. The van der Waals surface area contributed by atoms with Gasteiger partial charge in [0.05, 0.1) is 13.1 Å². The number of rotatable bonds is 7. The van der Waals surface area contributed by atoms with Crippen molar-refractivity contribution in [1.29, 1.82) is 0 Å². The van der Waals surface area contributed by atoms with Crippen molar-refractivity contribution in [3.05, 3.63) is 54.0 Å². The molecule has 0 spiro atoms. The number of ether oxygens (including phenoxy) is 1. The van der Waals surface area contributed by atoms with Crippen molar-refractivity contribution in [3.8, 4) is 11.6 Å². The molecule has 0 aliphatic heterocycles. The number of guanidine groups is 1. The lowest BCUT2D eigenvalue weighted by Crippen LogP contribution is -2.42. The zero-order valence-corrected chi connectivity index (χ0v) is 15.7. The fraction of sp³-hybridized carbons (Fsp3) is 0.316. The number of hydrogen-bond donors (Lipinski definition) is 2. The Labute approximate surface area is 158 Å². The molecular weight excluding hydrogens is 349 g/mol. The number of aliphatic imine (C=N–C) groups is 1. The van der Waals surface area contributed by atoms with E-state index < -0.39 is 0 Å². The maximum atomic E-state index is 13.2. The lowest BCUT2D eigenvalue weighted by molar-refractivity contribution is -0.127. The monoisotopic (exact) mass is 373 g/mol. The summed E-state index contributed by atoms with van der Waals surface area (Å²) in [6.45, 7) is 3.18. The van der Waals surface area contributed by atoms with Gasteiger partial charge in [-0.2, -0.15) is 0 Å². The van der Waals surface area contributed by atoms with Gasteiger partial charge in [-0.15, -0.1) is 0 Å². The Morgan fingerprint density at radius 1 is 1.26 bits per heavy atom. The van der Waals surface area contributed by atoms with Crippen molar-refractivity contribution in [2.24, 2.45) is 4.99 Å². The summed E-state index contributed by atoms with van der Waals surface area (Å²) in [6.07, 6.45) is 1.65. The number of hydrogen-bond acceptors (Lipinski definition) is 4. The summed E-state index contributed by atoms with van der Waals surface area (Å²) in [6, 6.07) is 9.41. The van der Waals surface area contributed by atoms with Crippen LogP contribution in [0.4, 0.5) is 4.39 Å². The molecule has 27 heavy (non-hydrogen) atoms. The molecule has 0 radical (unpaired) electrons. The fourth-order valence-corrected chi connectivity index (χ4v) is 2.05. The molecule has 1 aromatic heterocycles. The molecule has 0 aliphatic rings. The highest BCUT2D eigenvalue weighted by atomic mass is 19.1. The first-order valence-electron chi connectivity index (χ1n) is 8.58. The SMILES string of the molecule is CCNC(=NCc1ccc(Oc2cccc(F)c2)nc1)NCC(=O)N(C)C. The highest BCUT2D eigenvalue weighted by Gasteiger charge is 2.05. The quantitative estimate of drug-likeness (QED) is 0.574. The first-order chi connectivity index (χ1) is 13.0. The topological polar surface area (TPSA) is 78.9 Å².